The molecule has 0 atom stereocenters. The lowest BCUT2D eigenvalue weighted by Crippen LogP contribution is -2.39. The highest BCUT2D eigenvalue weighted by atomic mass is 16.7. The topological polar surface area (TPSA) is 38.8 Å². The first-order chi connectivity index (χ1) is 5.34. The van der Waals surface area contributed by atoms with Gasteiger partial charge in [0.25, 0.3) is 0 Å². The average molecular weight is 159 g/mol. The van der Waals surface area contributed by atoms with Crippen LogP contribution in [-0.2, 0) is 14.3 Å². The average Bonchev–Trinajstić information content (AvgIpc) is 2.07. The third kappa shape index (κ3) is 2.48. The summed E-state index contributed by atoms with van der Waals surface area (Å²) in [6.07, 6.45) is 1.45. The first kappa shape index (κ1) is 8.49. The van der Waals surface area contributed by atoms with Crippen LogP contribution in [0.2, 0.25) is 0 Å². The van der Waals surface area contributed by atoms with Crippen LogP contribution < -0.4 is 0 Å². The van der Waals surface area contributed by atoms with Crippen LogP contribution >= 0.6 is 0 Å². The molecule has 1 saturated heterocycles. The Labute approximate surface area is 66.1 Å². The van der Waals surface area contributed by atoms with E-state index >= 15 is 0 Å². The monoisotopic (exact) mass is 159 g/mol. The van der Waals surface area contributed by atoms with Gasteiger partial charge in [0.15, 0.2) is 6.79 Å². The maximum Gasteiger partial charge on any atom is 0.226 e. The van der Waals surface area contributed by atoms with Crippen LogP contribution in [0.4, 0.5) is 0 Å². The van der Waals surface area contributed by atoms with Crippen molar-refractivity contribution >= 4 is 5.91 Å². The van der Waals surface area contributed by atoms with E-state index in [-0.39, 0.29) is 5.91 Å². The summed E-state index contributed by atoms with van der Waals surface area (Å²) in [4.78, 5) is 12.7. The van der Waals surface area contributed by atoms with Crippen molar-refractivity contribution in [3.8, 4) is 0 Å². The molecule has 1 aliphatic rings. The predicted octanol–water partition coefficient (Wildman–Crippen LogP) is 0.534. The van der Waals surface area contributed by atoms with Crippen LogP contribution in [0.25, 0.3) is 0 Å². The van der Waals surface area contributed by atoms with E-state index in [9.17, 15) is 4.79 Å². The number of ether oxygens (including phenoxy) is 2. The normalized spacial score (nSPS) is 18.5. The van der Waals surface area contributed by atoms with Crippen LogP contribution in [0.5, 0.6) is 0 Å². The number of nitrogens with zero attached hydrogens (tertiary/aromatic N) is 1. The first-order valence-electron chi connectivity index (χ1n) is 3.78. The van der Waals surface area contributed by atoms with Gasteiger partial charge in [-0.25, -0.2) is 0 Å². The van der Waals surface area contributed by atoms with Crippen molar-refractivity contribution in [2.75, 3.05) is 20.3 Å². The van der Waals surface area contributed by atoms with Crippen LogP contribution in [-0.4, -0.2) is 31.1 Å². The van der Waals surface area contributed by atoms with Gasteiger partial charge in [0.2, 0.25) is 5.91 Å². The maximum absolute atomic E-state index is 11.2. The van der Waals surface area contributed by atoms with Crippen molar-refractivity contribution in [3.05, 3.63) is 0 Å². The molecule has 64 valence electrons. The molecule has 11 heavy (non-hydrogen) atoms. The van der Waals surface area contributed by atoms with Crippen molar-refractivity contribution in [1.29, 1.82) is 0 Å². The molecule has 0 unspecified atom stereocenters. The second-order valence-corrected chi connectivity index (χ2v) is 2.47. The number of carbonyl (C=O) groups excluding carboxylic acids is 1. The van der Waals surface area contributed by atoms with E-state index in [0.29, 0.717) is 26.7 Å². The summed E-state index contributed by atoms with van der Waals surface area (Å²) < 4.78 is 9.86. The second-order valence-electron chi connectivity index (χ2n) is 2.47. The Balaban J connectivity index is 2.27. The maximum atomic E-state index is 11.2. The lowest BCUT2D eigenvalue weighted by Gasteiger charge is -2.26. The van der Waals surface area contributed by atoms with Crippen LogP contribution in [0.3, 0.4) is 0 Å². The van der Waals surface area contributed by atoms with Crippen molar-refractivity contribution < 1.29 is 14.3 Å². The first-order valence-corrected chi connectivity index (χ1v) is 3.78. The molecule has 0 spiro atoms. The summed E-state index contributed by atoms with van der Waals surface area (Å²) >= 11 is 0. The molecule has 0 aromatic carbocycles. The molecule has 0 saturated carbocycles. The fraction of sp³-hybridized carbons (Fsp3) is 0.857. The van der Waals surface area contributed by atoms with Gasteiger partial charge < -0.3 is 9.47 Å². The van der Waals surface area contributed by atoms with Gasteiger partial charge in [0.05, 0.1) is 0 Å². The number of rotatable bonds is 2. The Morgan fingerprint density at radius 2 is 2.09 bits per heavy atom. The number of carbonyl (C=O) groups is 1. The van der Waals surface area contributed by atoms with Crippen LogP contribution in [0, 0.1) is 0 Å². The molecule has 0 aromatic heterocycles. The molecule has 4 heteroatoms. The highest BCUT2D eigenvalue weighted by molar-refractivity contribution is 5.75. The van der Waals surface area contributed by atoms with Gasteiger partial charge in [0.1, 0.15) is 13.5 Å². The Kier molecular flexibility index (Phi) is 3.32. The molecule has 0 N–H and O–H groups in total. The highest BCUT2D eigenvalue weighted by Gasteiger charge is 2.15. The summed E-state index contributed by atoms with van der Waals surface area (Å²) in [7, 11) is 0. The van der Waals surface area contributed by atoms with E-state index in [2.05, 4.69) is 0 Å². The second kappa shape index (κ2) is 4.31. The zero-order valence-corrected chi connectivity index (χ0v) is 6.71. The summed E-state index contributed by atoms with van der Waals surface area (Å²) in [5.41, 5.74) is 0. The summed E-state index contributed by atoms with van der Waals surface area (Å²) in [5.74, 6) is 0.104. The van der Waals surface area contributed by atoms with Crippen molar-refractivity contribution in [2.24, 2.45) is 0 Å². The van der Waals surface area contributed by atoms with E-state index < -0.39 is 0 Å². The van der Waals surface area contributed by atoms with Gasteiger partial charge in [0, 0.05) is 6.42 Å². The van der Waals surface area contributed by atoms with Gasteiger partial charge in [-0.15, -0.1) is 0 Å². The van der Waals surface area contributed by atoms with Gasteiger partial charge in [-0.2, -0.15) is 0 Å². The molecule has 1 heterocycles. The number of amides is 1. The molecule has 4 nitrogen and oxygen atoms in total. The van der Waals surface area contributed by atoms with Crippen molar-refractivity contribution in [1.82, 2.24) is 4.90 Å². The zero-order valence-electron chi connectivity index (χ0n) is 6.71. The Hall–Kier alpha value is -0.610. The SMILES string of the molecule is CCCC(=O)N1COCOC1. The van der Waals surface area contributed by atoms with Crippen LogP contribution in [0.1, 0.15) is 19.8 Å². The number of hydrogen-bond donors (Lipinski definition) is 0. The van der Waals surface area contributed by atoms with E-state index in [1.54, 1.807) is 4.90 Å². The minimum atomic E-state index is 0.104. The third-order valence-corrected chi connectivity index (χ3v) is 1.48. The van der Waals surface area contributed by atoms with E-state index in [0.717, 1.165) is 6.42 Å². The van der Waals surface area contributed by atoms with Gasteiger partial charge in [-0.3, -0.25) is 9.69 Å². The molecule has 0 aliphatic carbocycles. The minimum Gasteiger partial charge on any atom is -0.335 e. The molecule has 1 fully saturated rings. The van der Waals surface area contributed by atoms with Gasteiger partial charge in [-0.1, -0.05) is 6.92 Å². The molecule has 1 rings (SSSR count). The van der Waals surface area contributed by atoms with Gasteiger partial charge >= 0.3 is 0 Å². The third-order valence-electron chi connectivity index (χ3n) is 1.48. The van der Waals surface area contributed by atoms with E-state index in [1.807, 2.05) is 6.92 Å². The summed E-state index contributed by atoms with van der Waals surface area (Å²) in [6.45, 7) is 3.02. The minimum absolute atomic E-state index is 0.104. The number of hydrogen-bond acceptors (Lipinski definition) is 3. The molecular formula is C7H13NO3. The molecule has 0 bridgehead atoms. The van der Waals surface area contributed by atoms with Gasteiger partial charge in [-0.05, 0) is 6.42 Å². The standard InChI is InChI=1S/C7H13NO3/c1-2-3-7(9)8-4-10-6-11-5-8/h2-6H2,1H3. The molecule has 0 radical (unpaired) electrons. The van der Waals surface area contributed by atoms with E-state index in [4.69, 9.17) is 9.47 Å². The summed E-state index contributed by atoms with van der Waals surface area (Å²) in [6, 6.07) is 0. The largest absolute Gasteiger partial charge is 0.335 e. The summed E-state index contributed by atoms with van der Waals surface area (Å²) in [5, 5.41) is 0. The molecular weight excluding hydrogens is 146 g/mol. The van der Waals surface area contributed by atoms with Crippen molar-refractivity contribution in [2.45, 2.75) is 19.8 Å². The zero-order chi connectivity index (χ0) is 8.10. The predicted molar refractivity (Wildman–Crippen MR) is 38.5 cm³/mol. The van der Waals surface area contributed by atoms with Crippen LogP contribution in [0.15, 0.2) is 0 Å². The lowest BCUT2D eigenvalue weighted by molar-refractivity contribution is -0.191. The molecule has 1 amide bonds. The Morgan fingerprint density at radius 1 is 1.45 bits per heavy atom. The molecule has 1 aliphatic heterocycles. The fourth-order valence-electron chi connectivity index (χ4n) is 0.907. The Morgan fingerprint density at radius 3 is 2.64 bits per heavy atom. The quantitative estimate of drug-likeness (QED) is 0.590. The lowest BCUT2D eigenvalue weighted by atomic mass is 10.3. The molecule has 0 aromatic rings. The highest BCUT2D eigenvalue weighted by Crippen LogP contribution is 2.02. The Bertz CT molecular complexity index is 132. The van der Waals surface area contributed by atoms with E-state index in [1.165, 1.54) is 0 Å². The smallest absolute Gasteiger partial charge is 0.226 e. The van der Waals surface area contributed by atoms with Crippen molar-refractivity contribution in [3.63, 3.8) is 0 Å². The fourth-order valence-corrected chi connectivity index (χ4v) is 0.907.